The molecule has 4 rings (SSSR count). The van der Waals surface area contributed by atoms with E-state index in [1.807, 2.05) is 0 Å². The van der Waals surface area contributed by atoms with Crippen LogP contribution in [0.2, 0.25) is 0 Å². The smallest absolute Gasteiger partial charge is 0.151 e. The van der Waals surface area contributed by atoms with Crippen molar-refractivity contribution >= 4 is 5.82 Å². The van der Waals surface area contributed by atoms with Crippen molar-refractivity contribution in [3.8, 4) is 0 Å². The minimum Gasteiger partial charge on any atom is -0.369 e. The van der Waals surface area contributed by atoms with Gasteiger partial charge in [0.25, 0.3) is 0 Å². The average Bonchev–Trinajstić information content (AvgIpc) is 3.16. The maximum Gasteiger partial charge on any atom is 0.151 e. The molecule has 0 amide bonds. The van der Waals surface area contributed by atoms with Crippen molar-refractivity contribution in [3.05, 3.63) is 17.8 Å². The summed E-state index contributed by atoms with van der Waals surface area (Å²) in [6.07, 6.45) is 2.90. The summed E-state index contributed by atoms with van der Waals surface area (Å²) in [5.74, 6) is 2.73. The Morgan fingerprint density at radius 3 is 2.83 bits per heavy atom. The van der Waals surface area contributed by atoms with Gasteiger partial charge in [-0.1, -0.05) is 13.8 Å². The molecule has 5 nitrogen and oxygen atoms in total. The van der Waals surface area contributed by atoms with Crippen LogP contribution in [0.25, 0.3) is 0 Å². The zero-order valence-electron chi connectivity index (χ0n) is 14.7. The van der Waals surface area contributed by atoms with Gasteiger partial charge in [-0.05, 0) is 45.0 Å². The van der Waals surface area contributed by atoms with E-state index in [4.69, 9.17) is 4.74 Å². The summed E-state index contributed by atoms with van der Waals surface area (Å²) in [7, 11) is 4.34. The van der Waals surface area contributed by atoms with Crippen LogP contribution in [-0.4, -0.2) is 60.5 Å². The van der Waals surface area contributed by atoms with Crippen LogP contribution < -0.4 is 4.90 Å². The largest absolute Gasteiger partial charge is 0.369 e. The van der Waals surface area contributed by atoms with Crippen LogP contribution >= 0.6 is 0 Å². The van der Waals surface area contributed by atoms with Gasteiger partial charge in [0.05, 0.1) is 17.4 Å². The van der Waals surface area contributed by atoms with Crippen molar-refractivity contribution in [2.75, 3.05) is 38.6 Å². The van der Waals surface area contributed by atoms with Gasteiger partial charge in [-0.15, -0.1) is 5.10 Å². The van der Waals surface area contributed by atoms with E-state index >= 15 is 0 Å². The van der Waals surface area contributed by atoms with Crippen LogP contribution in [0.3, 0.4) is 0 Å². The van der Waals surface area contributed by atoms with Crippen LogP contribution in [0.4, 0.5) is 5.82 Å². The van der Waals surface area contributed by atoms with Crippen LogP contribution in [0.1, 0.15) is 38.3 Å². The molecule has 3 fully saturated rings. The van der Waals surface area contributed by atoms with Crippen molar-refractivity contribution in [3.63, 3.8) is 0 Å². The second-order valence-electron chi connectivity index (χ2n) is 8.14. The summed E-state index contributed by atoms with van der Waals surface area (Å²) >= 11 is 0. The fourth-order valence-corrected chi connectivity index (χ4v) is 4.84. The third kappa shape index (κ3) is 2.45. The summed E-state index contributed by atoms with van der Waals surface area (Å²) in [5, 5.41) is 8.89. The minimum atomic E-state index is 0.0732. The molecule has 3 aliphatic heterocycles. The first kappa shape index (κ1) is 15.3. The van der Waals surface area contributed by atoms with E-state index in [0.29, 0.717) is 23.9 Å². The molecule has 126 valence electrons. The monoisotopic (exact) mass is 316 g/mol. The highest BCUT2D eigenvalue weighted by molar-refractivity contribution is 5.42. The fraction of sp³-hybridized carbons (Fsp3) is 0.778. The molecule has 23 heavy (non-hydrogen) atoms. The molecule has 1 aromatic heterocycles. The number of hydrogen-bond acceptors (Lipinski definition) is 5. The molecule has 4 atom stereocenters. The predicted octanol–water partition coefficient (Wildman–Crippen LogP) is 2.15. The van der Waals surface area contributed by atoms with Gasteiger partial charge in [0.2, 0.25) is 0 Å². The Kier molecular flexibility index (Phi) is 3.61. The van der Waals surface area contributed by atoms with E-state index in [2.05, 4.69) is 60.1 Å². The average molecular weight is 316 g/mol. The highest BCUT2D eigenvalue weighted by Crippen LogP contribution is 2.55. The van der Waals surface area contributed by atoms with Gasteiger partial charge < -0.3 is 14.5 Å². The third-order valence-electron chi connectivity index (χ3n) is 5.95. The lowest BCUT2D eigenvalue weighted by Gasteiger charge is -2.30. The molecule has 0 aliphatic carbocycles. The number of aromatic nitrogens is 2. The molecule has 0 radical (unpaired) electrons. The highest BCUT2D eigenvalue weighted by Gasteiger charge is 2.63. The summed E-state index contributed by atoms with van der Waals surface area (Å²) in [6, 6.07) is 4.25. The van der Waals surface area contributed by atoms with Gasteiger partial charge >= 0.3 is 0 Å². The molecular weight excluding hydrogens is 288 g/mol. The van der Waals surface area contributed by atoms with Gasteiger partial charge in [0.1, 0.15) is 0 Å². The van der Waals surface area contributed by atoms with Gasteiger partial charge in [-0.25, -0.2) is 0 Å². The first-order valence-electron chi connectivity index (χ1n) is 8.90. The third-order valence-corrected chi connectivity index (χ3v) is 5.95. The van der Waals surface area contributed by atoms with Crippen molar-refractivity contribution in [2.24, 2.45) is 11.8 Å². The first-order valence-corrected chi connectivity index (χ1v) is 8.90. The number of ether oxygens (including phenoxy) is 1. The highest BCUT2D eigenvalue weighted by atomic mass is 16.5. The molecule has 2 bridgehead atoms. The lowest BCUT2D eigenvalue weighted by Crippen LogP contribution is -2.40. The quantitative estimate of drug-likeness (QED) is 0.851. The Morgan fingerprint density at radius 1 is 1.35 bits per heavy atom. The molecule has 0 aromatic carbocycles. The number of rotatable bonds is 4. The maximum atomic E-state index is 6.49. The molecule has 3 aliphatic rings. The number of hydrogen-bond donors (Lipinski definition) is 0. The lowest BCUT2D eigenvalue weighted by atomic mass is 9.73. The summed E-state index contributed by atoms with van der Waals surface area (Å²) in [5.41, 5.74) is 1.14. The van der Waals surface area contributed by atoms with Crippen LogP contribution in [-0.2, 0) is 4.74 Å². The molecule has 4 heterocycles. The normalized spacial score (nSPS) is 35.6. The molecule has 5 heteroatoms. The van der Waals surface area contributed by atoms with E-state index in [1.165, 1.54) is 12.8 Å². The predicted molar refractivity (Wildman–Crippen MR) is 90.7 cm³/mol. The van der Waals surface area contributed by atoms with Gasteiger partial charge in [0, 0.05) is 31.5 Å². The molecular formula is C18H28N4O. The standard InChI is InChI=1S/C18H28N4O/c1-12(2)15-5-6-17(20-19-15)22-10-14-13(9-21(3)4)16-7-8-18(14,11-22)23-16/h5-6,12-14,16H,7-11H2,1-4H3/t13-,14+,16+,18+/m1/s1. The zero-order chi connectivity index (χ0) is 16.2. The number of fused-ring (bicyclic) bond motifs is 1. The van der Waals surface area contributed by atoms with E-state index in [0.717, 1.165) is 31.1 Å². The van der Waals surface area contributed by atoms with Gasteiger partial charge in [-0.2, -0.15) is 5.10 Å². The van der Waals surface area contributed by atoms with Crippen molar-refractivity contribution in [1.29, 1.82) is 0 Å². The van der Waals surface area contributed by atoms with Crippen molar-refractivity contribution in [1.82, 2.24) is 15.1 Å². The maximum absolute atomic E-state index is 6.49. The van der Waals surface area contributed by atoms with Gasteiger partial charge in [-0.3, -0.25) is 0 Å². The topological polar surface area (TPSA) is 41.5 Å². The summed E-state index contributed by atoms with van der Waals surface area (Å²) < 4.78 is 6.49. The molecule has 0 unspecified atom stereocenters. The first-order chi connectivity index (χ1) is 11.0. The van der Waals surface area contributed by atoms with E-state index in [1.54, 1.807) is 0 Å². The Hall–Kier alpha value is -1.20. The van der Waals surface area contributed by atoms with E-state index in [-0.39, 0.29) is 5.60 Å². The second kappa shape index (κ2) is 5.42. The van der Waals surface area contributed by atoms with E-state index < -0.39 is 0 Å². The van der Waals surface area contributed by atoms with Crippen LogP contribution in [0.5, 0.6) is 0 Å². The fourth-order valence-electron chi connectivity index (χ4n) is 4.84. The van der Waals surface area contributed by atoms with E-state index in [9.17, 15) is 0 Å². The number of anilines is 1. The molecule has 0 N–H and O–H groups in total. The van der Waals surface area contributed by atoms with Gasteiger partial charge in [0.15, 0.2) is 5.82 Å². The zero-order valence-corrected chi connectivity index (χ0v) is 14.7. The molecule has 1 aromatic rings. The van der Waals surface area contributed by atoms with Crippen LogP contribution in [0.15, 0.2) is 12.1 Å². The van der Waals surface area contributed by atoms with Crippen LogP contribution in [0, 0.1) is 11.8 Å². The second-order valence-corrected chi connectivity index (χ2v) is 8.14. The Bertz CT molecular complexity index is 573. The van der Waals surface area contributed by atoms with Crippen molar-refractivity contribution in [2.45, 2.75) is 44.3 Å². The SMILES string of the molecule is CC(C)c1ccc(N2C[C@H]3[C@@H](CN(C)C)[C@@H]4CC[C@@]3(C2)O4)nn1. The Balaban J connectivity index is 1.54. The molecule has 0 saturated carbocycles. The number of nitrogens with zero attached hydrogens (tertiary/aromatic N) is 4. The minimum absolute atomic E-state index is 0.0732. The summed E-state index contributed by atoms with van der Waals surface area (Å²) in [4.78, 5) is 4.70. The summed E-state index contributed by atoms with van der Waals surface area (Å²) in [6.45, 7) is 7.48. The Morgan fingerprint density at radius 2 is 2.17 bits per heavy atom. The molecule has 1 spiro atoms. The van der Waals surface area contributed by atoms with Crippen molar-refractivity contribution < 1.29 is 4.74 Å². The lowest BCUT2D eigenvalue weighted by molar-refractivity contribution is 0.0136. The molecule has 3 saturated heterocycles. The Labute approximate surface area is 139 Å².